The molecule has 3 aromatic rings. The number of nitrogens with one attached hydrogen (secondary N) is 2. The molecule has 0 atom stereocenters. The lowest BCUT2D eigenvalue weighted by molar-refractivity contribution is 0.311. The number of methoxy groups -OCH3 is 1. The van der Waals surface area contributed by atoms with Gasteiger partial charge in [0, 0.05) is 30.6 Å². The molecule has 0 amide bonds. The number of rotatable bonds is 9. The Hall–Kier alpha value is -3.01. The minimum atomic E-state index is -0.00606. The highest BCUT2D eigenvalue weighted by Crippen LogP contribution is 2.30. The zero-order valence-electron chi connectivity index (χ0n) is 19.2. The van der Waals surface area contributed by atoms with Gasteiger partial charge in [-0.3, -0.25) is 4.79 Å². The molecule has 0 aliphatic carbocycles. The summed E-state index contributed by atoms with van der Waals surface area (Å²) in [5.74, 6) is 2.06. The number of ether oxygens (including phenoxy) is 2. The van der Waals surface area contributed by atoms with Crippen LogP contribution in [0.2, 0.25) is 0 Å². The molecular weight excluding hydrogens is 531 g/mol. The Morgan fingerprint density at radius 3 is 2.42 bits per heavy atom. The van der Waals surface area contributed by atoms with Crippen LogP contribution in [0.3, 0.4) is 0 Å². The van der Waals surface area contributed by atoms with Crippen LogP contribution in [-0.2, 0) is 13.1 Å². The second-order valence-electron chi connectivity index (χ2n) is 7.10. The fraction of sp³-hybridized carbons (Fsp3) is 0.280. The van der Waals surface area contributed by atoms with E-state index < -0.39 is 0 Å². The summed E-state index contributed by atoms with van der Waals surface area (Å²) in [6, 6.07) is 19.0. The van der Waals surface area contributed by atoms with Gasteiger partial charge in [0.1, 0.15) is 0 Å². The molecule has 33 heavy (non-hydrogen) atoms. The van der Waals surface area contributed by atoms with Crippen LogP contribution in [0.5, 0.6) is 11.5 Å². The molecule has 0 spiro atoms. The molecule has 0 saturated heterocycles. The summed E-state index contributed by atoms with van der Waals surface area (Å²) >= 11 is 0. The van der Waals surface area contributed by atoms with E-state index in [-0.39, 0.29) is 29.5 Å². The number of aromatic nitrogens is 1. The number of guanidine groups is 1. The molecule has 0 unspecified atom stereocenters. The van der Waals surface area contributed by atoms with Gasteiger partial charge in [-0.05, 0) is 43.2 Å². The van der Waals surface area contributed by atoms with Gasteiger partial charge in [-0.15, -0.1) is 24.0 Å². The van der Waals surface area contributed by atoms with Crippen molar-refractivity contribution in [1.82, 2.24) is 9.88 Å². The van der Waals surface area contributed by atoms with Crippen molar-refractivity contribution in [2.24, 2.45) is 4.99 Å². The van der Waals surface area contributed by atoms with E-state index >= 15 is 0 Å². The van der Waals surface area contributed by atoms with Crippen LogP contribution < -0.4 is 25.7 Å². The molecule has 0 radical (unpaired) electrons. The number of pyridine rings is 1. The fourth-order valence-electron chi connectivity index (χ4n) is 3.17. The molecule has 0 saturated carbocycles. The van der Waals surface area contributed by atoms with Crippen molar-refractivity contribution in [1.29, 1.82) is 0 Å². The topological polar surface area (TPSA) is 76.9 Å². The molecule has 8 heteroatoms. The average Bonchev–Trinajstić information content (AvgIpc) is 2.81. The molecule has 1 heterocycles. The first-order chi connectivity index (χ1) is 15.6. The summed E-state index contributed by atoms with van der Waals surface area (Å²) in [7, 11) is 1.62. The van der Waals surface area contributed by atoms with E-state index in [4.69, 9.17) is 9.47 Å². The number of hydrogen-bond donors (Lipinski definition) is 2. The first-order valence-electron chi connectivity index (χ1n) is 10.7. The van der Waals surface area contributed by atoms with Crippen LogP contribution in [-0.4, -0.2) is 30.8 Å². The first-order valence-corrected chi connectivity index (χ1v) is 10.7. The van der Waals surface area contributed by atoms with Crippen molar-refractivity contribution in [2.45, 2.75) is 26.9 Å². The molecule has 2 N–H and O–H groups in total. The van der Waals surface area contributed by atoms with E-state index in [1.165, 1.54) is 0 Å². The normalized spacial score (nSPS) is 10.8. The van der Waals surface area contributed by atoms with Crippen LogP contribution in [0.15, 0.2) is 76.6 Å². The number of anilines is 1. The van der Waals surface area contributed by atoms with Crippen molar-refractivity contribution in [3.8, 4) is 11.5 Å². The van der Waals surface area contributed by atoms with Gasteiger partial charge in [-0.25, -0.2) is 4.99 Å². The van der Waals surface area contributed by atoms with Crippen LogP contribution >= 0.6 is 24.0 Å². The van der Waals surface area contributed by atoms with Crippen molar-refractivity contribution in [3.63, 3.8) is 0 Å². The zero-order chi connectivity index (χ0) is 22.8. The van der Waals surface area contributed by atoms with E-state index in [0.717, 1.165) is 23.4 Å². The Morgan fingerprint density at radius 2 is 1.76 bits per heavy atom. The van der Waals surface area contributed by atoms with Gasteiger partial charge < -0.3 is 24.7 Å². The maximum absolute atomic E-state index is 11.9. The zero-order valence-corrected chi connectivity index (χ0v) is 21.5. The summed E-state index contributed by atoms with van der Waals surface area (Å²) in [4.78, 5) is 16.6. The molecule has 0 aliphatic rings. The molecule has 1 aromatic heterocycles. The number of benzene rings is 2. The van der Waals surface area contributed by atoms with E-state index in [1.54, 1.807) is 30.0 Å². The van der Waals surface area contributed by atoms with Crippen LogP contribution in [0, 0.1) is 0 Å². The highest BCUT2D eigenvalue weighted by Gasteiger charge is 2.07. The molecule has 0 fully saturated rings. The largest absolute Gasteiger partial charge is 0.493 e. The minimum Gasteiger partial charge on any atom is -0.493 e. The third-order valence-corrected chi connectivity index (χ3v) is 4.77. The van der Waals surface area contributed by atoms with Gasteiger partial charge in [-0.1, -0.05) is 30.3 Å². The summed E-state index contributed by atoms with van der Waals surface area (Å²) in [6.07, 6.45) is 1.80. The molecular formula is C25H31IN4O3. The van der Waals surface area contributed by atoms with E-state index in [9.17, 15) is 4.79 Å². The Balaban J connectivity index is 0.00000385. The van der Waals surface area contributed by atoms with Gasteiger partial charge in [0.15, 0.2) is 17.5 Å². The quantitative estimate of drug-likeness (QED) is 0.228. The highest BCUT2D eigenvalue weighted by molar-refractivity contribution is 14.0. The maximum Gasteiger partial charge on any atom is 0.250 e. The smallest absolute Gasteiger partial charge is 0.250 e. The predicted octanol–water partition coefficient (Wildman–Crippen LogP) is 4.50. The lowest BCUT2D eigenvalue weighted by Gasteiger charge is -2.14. The number of aliphatic imine (C=N–C) groups is 1. The number of hydrogen-bond acceptors (Lipinski definition) is 4. The van der Waals surface area contributed by atoms with Crippen LogP contribution in [0.4, 0.5) is 5.69 Å². The standard InChI is InChI=1S/C25H30N4O3.HI/c1-4-26-25(28-21-13-14-22(32-5-2)23(16-21)31-3)27-17-19-9-11-20(12-10-19)18-29-15-7-6-8-24(29)30;/h6-16H,4-5,17-18H2,1-3H3,(H2,26,27,28);1H. The second kappa shape index (κ2) is 13.5. The van der Waals surface area contributed by atoms with Gasteiger partial charge >= 0.3 is 0 Å². The molecule has 176 valence electrons. The summed E-state index contributed by atoms with van der Waals surface area (Å²) in [5.41, 5.74) is 3.00. The van der Waals surface area contributed by atoms with Gasteiger partial charge in [0.25, 0.3) is 5.56 Å². The first kappa shape index (κ1) is 26.2. The fourth-order valence-corrected chi connectivity index (χ4v) is 3.17. The van der Waals surface area contributed by atoms with E-state index in [0.29, 0.717) is 37.2 Å². The highest BCUT2D eigenvalue weighted by atomic mass is 127. The number of halogens is 1. The summed E-state index contributed by atoms with van der Waals surface area (Å²) in [6.45, 7) is 6.35. The summed E-state index contributed by atoms with van der Waals surface area (Å²) in [5, 5.41) is 6.57. The number of nitrogens with zero attached hydrogens (tertiary/aromatic N) is 2. The molecule has 0 bridgehead atoms. The van der Waals surface area contributed by atoms with Crippen molar-refractivity contribution in [3.05, 3.63) is 88.3 Å². The average molecular weight is 562 g/mol. The monoisotopic (exact) mass is 562 g/mol. The molecule has 2 aromatic carbocycles. The lowest BCUT2D eigenvalue weighted by Crippen LogP contribution is -2.30. The second-order valence-corrected chi connectivity index (χ2v) is 7.10. The van der Waals surface area contributed by atoms with Crippen LogP contribution in [0.25, 0.3) is 0 Å². The third-order valence-electron chi connectivity index (χ3n) is 4.77. The summed E-state index contributed by atoms with van der Waals surface area (Å²) < 4.78 is 12.7. The van der Waals surface area contributed by atoms with E-state index in [2.05, 4.69) is 15.6 Å². The van der Waals surface area contributed by atoms with Gasteiger partial charge in [0.2, 0.25) is 0 Å². The van der Waals surface area contributed by atoms with Gasteiger partial charge in [-0.2, -0.15) is 0 Å². The lowest BCUT2D eigenvalue weighted by atomic mass is 10.1. The third kappa shape index (κ3) is 7.81. The van der Waals surface area contributed by atoms with Crippen molar-refractivity contribution >= 4 is 35.6 Å². The predicted molar refractivity (Wildman–Crippen MR) is 144 cm³/mol. The Bertz CT molecular complexity index is 1100. The Kier molecular flexibility index (Phi) is 10.8. The van der Waals surface area contributed by atoms with Crippen molar-refractivity contribution < 1.29 is 9.47 Å². The minimum absolute atomic E-state index is 0. The van der Waals surface area contributed by atoms with E-state index in [1.807, 2.05) is 62.4 Å². The van der Waals surface area contributed by atoms with Crippen LogP contribution in [0.1, 0.15) is 25.0 Å². The molecule has 0 aliphatic heterocycles. The molecule has 3 rings (SSSR count). The van der Waals surface area contributed by atoms with Crippen molar-refractivity contribution in [2.75, 3.05) is 25.6 Å². The Labute approximate surface area is 211 Å². The van der Waals surface area contributed by atoms with Gasteiger partial charge in [0.05, 0.1) is 26.8 Å². The SMILES string of the molecule is CCNC(=NCc1ccc(Cn2ccccc2=O)cc1)Nc1ccc(OCC)c(OC)c1.I. The Morgan fingerprint density at radius 1 is 1.00 bits per heavy atom. The molecule has 7 nitrogen and oxygen atoms in total. The maximum atomic E-state index is 11.9.